The SMILES string of the molecule is CCCCNC(=NC)NCC(c1ccccc1)N(C)C.I. The van der Waals surface area contributed by atoms with E-state index in [-0.39, 0.29) is 24.0 Å². The molecular weight excluding hydrogens is 375 g/mol. The van der Waals surface area contributed by atoms with Crippen molar-refractivity contribution in [2.24, 2.45) is 4.99 Å². The van der Waals surface area contributed by atoms with Crippen molar-refractivity contribution in [3.63, 3.8) is 0 Å². The molecule has 0 heterocycles. The lowest BCUT2D eigenvalue weighted by Crippen LogP contribution is -2.42. The van der Waals surface area contributed by atoms with Crippen LogP contribution >= 0.6 is 24.0 Å². The Morgan fingerprint density at radius 3 is 2.38 bits per heavy atom. The molecule has 4 nitrogen and oxygen atoms in total. The molecule has 0 aliphatic carbocycles. The maximum Gasteiger partial charge on any atom is 0.191 e. The van der Waals surface area contributed by atoms with Crippen molar-refractivity contribution < 1.29 is 0 Å². The van der Waals surface area contributed by atoms with E-state index in [1.54, 1.807) is 0 Å². The van der Waals surface area contributed by atoms with E-state index in [2.05, 4.69) is 71.9 Å². The highest BCUT2D eigenvalue weighted by Crippen LogP contribution is 2.16. The Labute approximate surface area is 146 Å². The minimum atomic E-state index is 0. The molecule has 0 aliphatic heterocycles. The molecule has 120 valence electrons. The van der Waals surface area contributed by atoms with E-state index in [9.17, 15) is 0 Å². The van der Waals surface area contributed by atoms with E-state index >= 15 is 0 Å². The van der Waals surface area contributed by atoms with E-state index < -0.39 is 0 Å². The van der Waals surface area contributed by atoms with Crippen LogP contribution in [0.4, 0.5) is 0 Å². The zero-order valence-corrected chi connectivity index (χ0v) is 15.9. The quantitative estimate of drug-likeness (QED) is 0.318. The fraction of sp³-hybridized carbons (Fsp3) is 0.562. The number of benzene rings is 1. The van der Waals surface area contributed by atoms with Gasteiger partial charge in [0.2, 0.25) is 0 Å². The van der Waals surface area contributed by atoms with E-state index in [0.29, 0.717) is 6.04 Å². The third kappa shape index (κ3) is 7.66. The normalized spacial score (nSPS) is 12.7. The Hall–Kier alpha value is -0.820. The van der Waals surface area contributed by atoms with Gasteiger partial charge in [0.05, 0.1) is 6.04 Å². The highest BCUT2D eigenvalue weighted by Gasteiger charge is 2.13. The fourth-order valence-electron chi connectivity index (χ4n) is 2.07. The smallest absolute Gasteiger partial charge is 0.191 e. The molecule has 21 heavy (non-hydrogen) atoms. The first-order chi connectivity index (χ1) is 9.69. The van der Waals surface area contributed by atoms with Gasteiger partial charge in [-0.2, -0.15) is 0 Å². The Kier molecular flexibility index (Phi) is 11.3. The van der Waals surface area contributed by atoms with Crippen molar-refractivity contribution in [2.45, 2.75) is 25.8 Å². The second kappa shape index (κ2) is 11.8. The fourth-order valence-corrected chi connectivity index (χ4v) is 2.07. The number of nitrogens with zero attached hydrogens (tertiary/aromatic N) is 2. The molecule has 0 spiro atoms. The van der Waals surface area contributed by atoms with Crippen molar-refractivity contribution in [1.29, 1.82) is 0 Å². The zero-order chi connectivity index (χ0) is 14.8. The van der Waals surface area contributed by atoms with Gasteiger partial charge < -0.3 is 15.5 Å². The second-order valence-corrected chi connectivity index (χ2v) is 5.12. The first-order valence-corrected chi connectivity index (χ1v) is 7.35. The molecule has 5 heteroatoms. The molecular formula is C16H29IN4. The van der Waals surface area contributed by atoms with Crippen LogP contribution in [0.5, 0.6) is 0 Å². The molecule has 1 aromatic rings. The van der Waals surface area contributed by atoms with Crippen LogP contribution in [-0.4, -0.2) is 45.1 Å². The monoisotopic (exact) mass is 404 g/mol. The van der Waals surface area contributed by atoms with Gasteiger partial charge in [-0.3, -0.25) is 4.99 Å². The number of rotatable bonds is 7. The Balaban J connectivity index is 0.00000400. The maximum absolute atomic E-state index is 4.26. The largest absolute Gasteiger partial charge is 0.356 e. The summed E-state index contributed by atoms with van der Waals surface area (Å²) in [5, 5.41) is 6.74. The van der Waals surface area contributed by atoms with Gasteiger partial charge in [-0.25, -0.2) is 0 Å². The van der Waals surface area contributed by atoms with Crippen molar-refractivity contribution >= 4 is 29.9 Å². The molecule has 2 N–H and O–H groups in total. The molecule has 1 atom stereocenters. The van der Waals surface area contributed by atoms with Crippen LogP contribution in [-0.2, 0) is 0 Å². The Morgan fingerprint density at radius 1 is 1.19 bits per heavy atom. The molecule has 0 bridgehead atoms. The third-order valence-electron chi connectivity index (χ3n) is 3.32. The predicted molar refractivity (Wildman–Crippen MR) is 103 cm³/mol. The summed E-state index contributed by atoms with van der Waals surface area (Å²) in [6.45, 7) is 3.99. The molecule has 0 saturated carbocycles. The number of aliphatic imine (C=N–C) groups is 1. The maximum atomic E-state index is 4.26. The molecule has 0 aromatic heterocycles. The molecule has 1 aromatic carbocycles. The topological polar surface area (TPSA) is 39.7 Å². The molecule has 1 unspecified atom stereocenters. The van der Waals surface area contributed by atoms with Gasteiger partial charge in [0.1, 0.15) is 0 Å². The van der Waals surface area contributed by atoms with Gasteiger partial charge in [-0.1, -0.05) is 43.7 Å². The van der Waals surface area contributed by atoms with E-state index in [1.807, 2.05) is 7.05 Å². The average molecular weight is 404 g/mol. The summed E-state index contributed by atoms with van der Waals surface area (Å²) >= 11 is 0. The van der Waals surface area contributed by atoms with Crippen LogP contribution in [0, 0.1) is 0 Å². The van der Waals surface area contributed by atoms with Crippen molar-refractivity contribution in [2.75, 3.05) is 34.2 Å². The van der Waals surface area contributed by atoms with E-state index in [1.165, 1.54) is 12.0 Å². The van der Waals surface area contributed by atoms with Crippen LogP contribution in [0.1, 0.15) is 31.4 Å². The Bertz CT molecular complexity index is 393. The van der Waals surface area contributed by atoms with Crippen LogP contribution < -0.4 is 10.6 Å². The summed E-state index contributed by atoms with van der Waals surface area (Å²) in [5.74, 6) is 0.876. The van der Waals surface area contributed by atoms with Crippen LogP contribution in [0.15, 0.2) is 35.3 Å². The summed E-state index contributed by atoms with van der Waals surface area (Å²) in [6, 6.07) is 10.9. The first-order valence-electron chi connectivity index (χ1n) is 7.35. The van der Waals surface area contributed by atoms with Crippen molar-refractivity contribution in [3.05, 3.63) is 35.9 Å². The minimum absolute atomic E-state index is 0. The first kappa shape index (κ1) is 20.2. The summed E-state index contributed by atoms with van der Waals surface area (Å²) in [6.07, 6.45) is 2.35. The van der Waals surface area contributed by atoms with Crippen LogP contribution in [0.25, 0.3) is 0 Å². The second-order valence-electron chi connectivity index (χ2n) is 5.12. The van der Waals surface area contributed by atoms with Gasteiger partial charge in [-0.05, 0) is 26.1 Å². The number of halogens is 1. The van der Waals surface area contributed by atoms with Crippen molar-refractivity contribution in [1.82, 2.24) is 15.5 Å². The van der Waals surface area contributed by atoms with Crippen LogP contribution in [0.2, 0.25) is 0 Å². The zero-order valence-electron chi connectivity index (χ0n) is 13.6. The molecule has 0 amide bonds. The Morgan fingerprint density at radius 2 is 1.86 bits per heavy atom. The summed E-state index contributed by atoms with van der Waals surface area (Å²) < 4.78 is 0. The number of unbranched alkanes of at least 4 members (excludes halogenated alkanes) is 1. The number of hydrogen-bond acceptors (Lipinski definition) is 2. The molecule has 0 fully saturated rings. The minimum Gasteiger partial charge on any atom is -0.356 e. The lowest BCUT2D eigenvalue weighted by molar-refractivity contribution is 0.298. The lowest BCUT2D eigenvalue weighted by atomic mass is 10.1. The standard InChI is InChI=1S/C16H28N4.HI/c1-5-6-12-18-16(17-2)19-13-15(20(3)4)14-10-8-7-9-11-14;/h7-11,15H,5-6,12-13H2,1-4H3,(H2,17,18,19);1H. The van der Waals surface area contributed by atoms with E-state index in [4.69, 9.17) is 0 Å². The third-order valence-corrected chi connectivity index (χ3v) is 3.32. The highest BCUT2D eigenvalue weighted by molar-refractivity contribution is 14.0. The number of nitrogens with one attached hydrogen (secondary N) is 2. The van der Waals surface area contributed by atoms with Gasteiger partial charge in [0.25, 0.3) is 0 Å². The summed E-state index contributed by atoms with van der Waals surface area (Å²) in [5.41, 5.74) is 1.31. The molecule has 0 radical (unpaired) electrons. The number of hydrogen-bond donors (Lipinski definition) is 2. The van der Waals surface area contributed by atoms with Crippen LogP contribution in [0.3, 0.4) is 0 Å². The van der Waals surface area contributed by atoms with Gasteiger partial charge in [-0.15, -0.1) is 24.0 Å². The number of likely N-dealkylation sites (N-methyl/N-ethyl adjacent to an activating group) is 1. The summed E-state index contributed by atoms with van der Waals surface area (Å²) in [7, 11) is 6.02. The highest BCUT2D eigenvalue weighted by atomic mass is 127. The summed E-state index contributed by atoms with van der Waals surface area (Å²) in [4.78, 5) is 6.48. The molecule has 0 aliphatic rings. The lowest BCUT2D eigenvalue weighted by Gasteiger charge is -2.26. The van der Waals surface area contributed by atoms with Gasteiger partial charge in [0.15, 0.2) is 5.96 Å². The number of guanidine groups is 1. The molecule has 1 rings (SSSR count). The van der Waals surface area contributed by atoms with Crippen molar-refractivity contribution in [3.8, 4) is 0 Å². The van der Waals surface area contributed by atoms with Gasteiger partial charge in [0, 0.05) is 20.1 Å². The molecule has 0 saturated heterocycles. The van der Waals surface area contributed by atoms with Gasteiger partial charge >= 0.3 is 0 Å². The van der Waals surface area contributed by atoms with E-state index in [0.717, 1.165) is 25.5 Å². The predicted octanol–water partition coefficient (Wildman–Crippen LogP) is 2.87. The average Bonchev–Trinajstić information content (AvgIpc) is 2.46.